The van der Waals surface area contributed by atoms with E-state index in [0.717, 1.165) is 0 Å². The number of rotatable bonds is 3. The number of nitrogens with two attached hydrogens (primary N) is 1. The molecule has 10 nitrogen and oxygen atoms in total. The van der Waals surface area contributed by atoms with Gasteiger partial charge in [0.15, 0.2) is 0 Å². The van der Waals surface area contributed by atoms with Crippen LogP contribution in [0.25, 0.3) is 10.8 Å². The number of fused-ring (bicyclic) bond motifs is 2. The first-order valence-corrected chi connectivity index (χ1v) is 9.78. The number of ketones is 1. The van der Waals surface area contributed by atoms with E-state index in [1.807, 2.05) is 0 Å². The summed E-state index contributed by atoms with van der Waals surface area (Å²) in [6, 6.07) is 3.47. The van der Waals surface area contributed by atoms with Crippen molar-refractivity contribution in [3.05, 3.63) is 46.2 Å². The van der Waals surface area contributed by atoms with Crippen molar-refractivity contribution in [1.29, 1.82) is 0 Å². The van der Waals surface area contributed by atoms with E-state index in [1.54, 1.807) is 33.2 Å². The van der Waals surface area contributed by atoms with Crippen LogP contribution in [0.3, 0.4) is 0 Å². The molecule has 1 aliphatic heterocycles. The van der Waals surface area contributed by atoms with Gasteiger partial charge in [-0.05, 0) is 38.0 Å². The van der Waals surface area contributed by atoms with Crippen LogP contribution in [0.1, 0.15) is 27.6 Å². The number of esters is 1. The SMILES string of the molecule is Cc1c2c(c(O)c3c(O)cccc13)C(=O)OC2C1[C@H](N(C)C)C(O)=C(C(N)=O)C(=O)[C@@H]1O. The first-order valence-electron chi connectivity index (χ1n) is 9.78. The van der Waals surface area contributed by atoms with Crippen molar-refractivity contribution in [2.24, 2.45) is 11.7 Å². The number of carbonyl (C=O) groups excluding carboxylic acids is 3. The number of nitrogens with zero attached hydrogens (tertiary/aromatic N) is 1. The first-order chi connectivity index (χ1) is 15.0. The van der Waals surface area contributed by atoms with Crippen LogP contribution >= 0.6 is 0 Å². The first kappa shape index (κ1) is 21.6. The van der Waals surface area contributed by atoms with Crippen molar-refractivity contribution in [2.75, 3.05) is 14.1 Å². The number of Topliss-reactive ketones (excluding diaryl/α,β-unsaturated/α-hetero) is 1. The van der Waals surface area contributed by atoms with Crippen molar-refractivity contribution < 1.29 is 39.5 Å². The number of hydrogen-bond donors (Lipinski definition) is 5. The molecule has 0 aromatic heterocycles. The maximum absolute atomic E-state index is 12.8. The molecule has 2 unspecified atom stereocenters. The van der Waals surface area contributed by atoms with Crippen LogP contribution < -0.4 is 5.73 Å². The highest BCUT2D eigenvalue weighted by Crippen LogP contribution is 2.51. The Kier molecular flexibility index (Phi) is 4.87. The van der Waals surface area contributed by atoms with Crippen LogP contribution in [0, 0.1) is 12.8 Å². The quantitative estimate of drug-likeness (QED) is 0.336. The summed E-state index contributed by atoms with van der Waals surface area (Å²) in [6.07, 6.45) is -3.07. The second-order valence-corrected chi connectivity index (χ2v) is 8.21. The minimum Gasteiger partial charge on any atom is -0.510 e. The molecular formula is C22H22N2O8. The average molecular weight is 442 g/mol. The molecule has 0 fully saturated rings. The number of aliphatic hydroxyl groups excluding tert-OH is 2. The van der Waals surface area contributed by atoms with Crippen molar-refractivity contribution in [2.45, 2.75) is 25.2 Å². The molecule has 2 aromatic rings. The monoisotopic (exact) mass is 442 g/mol. The Labute approximate surface area is 182 Å². The van der Waals surface area contributed by atoms with Gasteiger partial charge in [-0.25, -0.2) is 4.79 Å². The molecule has 2 aliphatic rings. The summed E-state index contributed by atoms with van der Waals surface area (Å²) in [7, 11) is 3.10. The molecule has 32 heavy (non-hydrogen) atoms. The largest absolute Gasteiger partial charge is 0.510 e. The molecule has 1 heterocycles. The molecule has 1 amide bonds. The highest BCUT2D eigenvalue weighted by atomic mass is 16.6. The number of aromatic hydroxyl groups is 2. The minimum absolute atomic E-state index is 0.0736. The lowest BCUT2D eigenvalue weighted by atomic mass is 9.74. The number of benzene rings is 2. The number of phenolic OH excluding ortho intramolecular Hbond substituents is 2. The number of aliphatic hydroxyl groups is 2. The number of amides is 1. The van der Waals surface area contributed by atoms with E-state index >= 15 is 0 Å². The predicted molar refractivity (Wildman–Crippen MR) is 111 cm³/mol. The molecule has 4 rings (SSSR count). The zero-order valence-corrected chi connectivity index (χ0v) is 17.5. The van der Waals surface area contributed by atoms with E-state index < -0.39 is 58.9 Å². The average Bonchev–Trinajstić information content (AvgIpc) is 3.05. The van der Waals surface area contributed by atoms with Crippen LogP contribution in [0.15, 0.2) is 29.5 Å². The lowest BCUT2D eigenvalue weighted by Gasteiger charge is -2.40. The topological polar surface area (TPSA) is 171 Å². The summed E-state index contributed by atoms with van der Waals surface area (Å²) in [6.45, 7) is 1.65. The van der Waals surface area contributed by atoms with E-state index in [9.17, 15) is 34.8 Å². The van der Waals surface area contributed by atoms with Crippen molar-refractivity contribution in [3.8, 4) is 11.5 Å². The summed E-state index contributed by atoms with van der Waals surface area (Å²) in [5.74, 6) is -5.73. The Morgan fingerprint density at radius 3 is 2.41 bits per heavy atom. The number of primary amides is 1. The van der Waals surface area contributed by atoms with Gasteiger partial charge in [-0.3, -0.25) is 14.5 Å². The zero-order valence-electron chi connectivity index (χ0n) is 17.5. The summed E-state index contributed by atoms with van der Waals surface area (Å²) < 4.78 is 5.52. The smallest absolute Gasteiger partial charge is 0.343 e. The van der Waals surface area contributed by atoms with E-state index in [4.69, 9.17) is 10.5 Å². The van der Waals surface area contributed by atoms with E-state index in [0.29, 0.717) is 10.9 Å². The highest BCUT2D eigenvalue weighted by Gasteiger charge is 2.54. The van der Waals surface area contributed by atoms with Gasteiger partial charge in [0.05, 0.1) is 17.3 Å². The Bertz CT molecular complexity index is 1230. The Hall–Kier alpha value is -3.63. The van der Waals surface area contributed by atoms with Gasteiger partial charge in [-0.2, -0.15) is 0 Å². The number of ether oxygens (including phenoxy) is 1. The lowest BCUT2D eigenvalue weighted by Crippen LogP contribution is -2.54. The molecule has 0 saturated carbocycles. The Balaban J connectivity index is 1.99. The molecule has 6 N–H and O–H groups in total. The molecule has 1 aliphatic carbocycles. The minimum atomic E-state index is -1.83. The number of aryl methyl sites for hydroxylation is 1. The predicted octanol–water partition coefficient (Wildman–Crippen LogP) is 0.558. The normalized spacial score (nSPS) is 25.4. The zero-order chi connectivity index (χ0) is 23.6. The summed E-state index contributed by atoms with van der Waals surface area (Å²) in [5, 5.41) is 43.1. The summed E-state index contributed by atoms with van der Waals surface area (Å²) in [5.41, 5.74) is 5.05. The third kappa shape index (κ3) is 2.76. The fourth-order valence-electron chi connectivity index (χ4n) is 4.87. The molecule has 4 atom stereocenters. The second-order valence-electron chi connectivity index (χ2n) is 8.21. The molecule has 10 heteroatoms. The molecule has 168 valence electrons. The third-order valence-corrected chi connectivity index (χ3v) is 6.25. The molecule has 0 saturated heterocycles. The van der Waals surface area contributed by atoms with Gasteiger partial charge in [0.25, 0.3) is 5.91 Å². The van der Waals surface area contributed by atoms with Crippen LogP contribution in [0.4, 0.5) is 0 Å². The highest BCUT2D eigenvalue weighted by molar-refractivity contribution is 6.21. The maximum Gasteiger partial charge on any atom is 0.343 e. The fourth-order valence-corrected chi connectivity index (χ4v) is 4.87. The number of phenols is 2. The summed E-state index contributed by atoms with van der Waals surface area (Å²) in [4.78, 5) is 38.7. The van der Waals surface area contributed by atoms with Gasteiger partial charge >= 0.3 is 5.97 Å². The van der Waals surface area contributed by atoms with Crippen molar-refractivity contribution in [1.82, 2.24) is 4.90 Å². The molecule has 0 spiro atoms. The second kappa shape index (κ2) is 7.21. The van der Waals surface area contributed by atoms with Crippen LogP contribution in [0.5, 0.6) is 11.5 Å². The number of likely N-dealkylation sites (N-methyl/N-ethyl adjacent to an activating group) is 1. The van der Waals surface area contributed by atoms with Crippen molar-refractivity contribution in [3.63, 3.8) is 0 Å². The summed E-state index contributed by atoms with van der Waals surface area (Å²) >= 11 is 0. The van der Waals surface area contributed by atoms with Gasteiger partial charge < -0.3 is 30.9 Å². The van der Waals surface area contributed by atoms with Crippen LogP contribution in [-0.4, -0.2) is 69.2 Å². The Morgan fingerprint density at radius 2 is 1.81 bits per heavy atom. The molecular weight excluding hydrogens is 420 g/mol. The number of hydrogen-bond acceptors (Lipinski definition) is 9. The molecule has 0 bridgehead atoms. The lowest BCUT2D eigenvalue weighted by molar-refractivity contribution is -0.136. The van der Waals surface area contributed by atoms with E-state index in [-0.39, 0.29) is 22.3 Å². The van der Waals surface area contributed by atoms with Gasteiger partial charge in [0.2, 0.25) is 5.78 Å². The fraction of sp³-hybridized carbons (Fsp3) is 0.318. The van der Waals surface area contributed by atoms with Gasteiger partial charge in [-0.1, -0.05) is 12.1 Å². The number of cyclic esters (lactones) is 1. The molecule has 0 radical (unpaired) electrons. The number of carbonyl (C=O) groups is 3. The Morgan fingerprint density at radius 1 is 1.16 bits per heavy atom. The van der Waals surface area contributed by atoms with E-state index in [2.05, 4.69) is 0 Å². The van der Waals surface area contributed by atoms with Crippen LogP contribution in [-0.2, 0) is 14.3 Å². The third-order valence-electron chi connectivity index (χ3n) is 6.25. The molecule has 2 aromatic carbocycles. The van der Waals surface area contributed by atoms with E-state index in [1.165, 1.54) is 11.0 Å². The van der Waals surface area contributed by atoms with Crippen molar-refractivity contribution >= 4 is 28.4 Å². The van der Waals surface area contributed by atoms with Gasteiger partial charge in [0.1, 0.15) is 40.6 Å². The van der Waals surface area contributed by atoms with Gasteiger partial charge in [-0.15, -0.1) is 0 Å². The van der Waals surface area contributed by atoms with Gasteiger partial charge in [0, 0.05) is 5.56 Å². The van der Waals surface area contributed by atoms with Crippen LogP contribution in [0.2, 0.25) is 0 Å². The standard InChI is InChI=1S/C22H22N2O8/c1-7-8-5-4-6-9(25)11(8)16(26)12-10(7)20(32-22(12)31)13-15(24(2)3)17(27)14(21(23)30)19(29)18(13)28/h4-6,13,15,18,20,25-28H,1-3H3,(H2,23,30)/t13?,15-,18+,20?/m0/s1. The maximum atomic E-state index is 12.8.